The molecule has 3 atom stereocenters. The van der Waals surface area contributed by atoms with E-state index in [1.807, 2.05) is 58.0 Å². The van der Waals surface area contributed by atoms with E-state index < -0.39 is 45.7 Å². The third-order valence-corrected chi connectivity index (χ3v) is 8.86. The molecule has 0 saturated carbocycles. The van der Waals surface area contributed by atoms with E-state index in [9.17, 15) is 22.8 Å². The number of nitrogens with one attached hydrogen (secondary N) is 3. The summed E-state index contributed by atoms with van der Waals surface area (Å²) in [7, 11) is -4.13. The van der Waals surface area contributed by atoms with Crippen LogP contribution < -0.4 is 15.4 Å². The van der Waals surface area contributed by atoms with Crippen molar-refractivity contribution in [3.63, 3.8) is 0 Å². The molecule has 254 valence electrons. The van der Waals surface area contributed by atoms with Crippen LogP contribution in [0.2, 0.25) is 0 Å². The molecular formula is C35H41N5O7S. The first-order valence-electron chi connectivity index (χ1n) is 15.6. The van der Waals surface area contributed by atoms with E-state index >= 15 is 0 Å². The monoisotopic (exact) mass is 675 g/mol. The van der Waals surface area contributed by atoms with Crippen LogP contribution in [0.1, 0.15) is 54.6 Å². The van der Waals surface area contributed by atoms with Gasteiger partial charge < -0.3 is 19.8 Å². The molecule has 0 bridgehead atoms. The number of nitrogens with zero attached hydrogens (tertiary/aromatic N) is 2. The Hall–Kier alpha value is -4.72. The summed E-state index contributed by atoms with van der Waals surface area (Å²) in [5.74, 6) is -2.10. The minimum Gasteiger partial charge on any atom is -0.414 e. The fourth-order valence-electron chi connectivity index (χ4n) is 4.66. The van der Waals surface area contributed by atoms with Gasteiger partial charge in [0.15, 0.2) is 0 Å². The van der Waals surface area contributed by atoms with Crippen molar-refractivity contribution >= 4 is 27.6 Å². The van der Waals surface area contributed by atoms with Gasteiger partial charge in [0, 0.05) is 5.56 Å². The zero-order valence-corrected chi connectivity index (χ0v) is 28.4. The number of benzene rings is 3. The number of hydrogen-bond donors (Lipinski definition) is 3. The summed E-state index contributed by atoms with van der Waals surface area (Å²) in [5, 5.41) is 13.1. The van der Waals surface area contributed by atoms with Gasteiger partial charge in [0.1, 0.15) is 12.1 Å². The smallest absolute Gasteiger partial charge is 0.286 e. The minimum absolute atomic E-state index is 0.00639. The number of Topliss-reactive ketones (excluding diaryl/α,β-unsaturated/α-hetero) is 1. The first-order valence-corrected chi connectivity index (χ1v) is 17.1. The Morgan fingerprint density at radius 3 is 2.04 bits per heavy atom. The van der Waals surface area contributed by atoms with Crippen molar-refractivity contribution in [2.24, 2.45) is 5.92 Å². The van der Waals surface area contributed by atoms with Crippen molar-refractivity contribution in [2.45, 2.75) is 70.7 Å². The molecular weight excluding hydrogens is 634 g/mol. The van der Waals surface area contributed by atoms with Gasteiger partial charge in [-0.15, -0.1) is 10.2 Å². The van der Waals surface area contributed by atoms with Gasteiger partial charge in [-0.3, -0.25) is 14.4 Å². The molecule has 3 aromatic carbocycles. The van der Waals surface area contributed by atoms with Crippen LogP contribution in [0, 0.1) is 19.8 Å². The third-order valence-electron chi connectivity index (χ3n) is 7.37. The minimum atomic E-state index is -4.13. The quantitative estimate of drug-likeness (QED) is 0.148. The molecule has 0 saturated heterocycles. The summed E-state index contributed by atoms with van der Waals surface area (Å²) in [4.78, 5) is 40.1. The summed E-state index contributed by atoms with van der Waals surface area (Å²) in [6.07, 6.45) is 0.264. The standard InChI is InChI=1S/C35H41N5O7S/c1-22(2)19-29(31(41)35-39-38-34(47-35)27-9-7-6-8-10-27)37-32(42)25(5)36-33(43)30(21-46-20-26-15-11-23(3)12-16-26)40-48(44,45)28-17-13-24(4)14-18-28/h6-18,22,25,29-30,40H,19-21H2,1-5H3,(H,36,43)(H,37,42)/t25-,29-,30-/m0/s1. The predicted molar refractivity (Wildman–Crippen MR) is 179 cm³/mol. The van der Waals surface area contributed by atoms with Gasteiger partial charge in [-0.1, -0.05) is 79.6 Å². The fourth-order valence-corrected chi connectivity index (χ4v) is 5.84. The van der Waals surface area contributed by atoms with Crippen LogP contribution in [-0.4, -0.2) is 60.9 Å². The van der Waals surface area contributed by atoms with Crippen LogP contribution in [0.25, 0.3) is 11.5 Å². The van der Waals surface area contributed by atoms with Crippen LogP contribution in [0.5, 0.6) is 0 Å². The van der Waals surface area contributed by atoms with Gasteiger partial charge in [0.05, 0.1) is 24.2 Å². The highest BCUT2D eigenvalue weighted by Gasteiger charge is 2.32. The molecule has 4 rings (SSSR count). The number of sulfonamides is 1. The molecule has 0 radical (unpaired) electrons. The second kappa shape index (κ2) is 16.4. The zero-order chi connectivity index (χ0) is 34.8. The summed E-state index contributed by atoms with van der Waals surface area (Å²) >= 11 is 0. The molecule has 0 fully saturated rings. The highest BCUT2D eigenvalue weighted by atomic mass is 32.2. The maximum Gasteiger partial charge on any atom is 0.286 e. The normalized spacial score (nSPS) is 13.5. The second-order valence-electron chi connectivity index (χ2n) is 12.1. The lowest BCUT2D eigenvalue weighted by atomic mass is 9.99. The maximum atomic E-state index is 13.5. The van der Waals surface area contributed by atoms with E-state index in [2.05, 4.69) is 25.6 Å². The second-order valence-corrected chi connectivity index (χ2v) is 13.8. The molecule has 0 aliphatic heterocycles. The van der Waals surface area contributed by atoms with Crippen LogP contribution in [0.4, 0.5) is 0 Å². The van der Waals surface area contributed by atoms with Gasteiger partial charge >= 0.3 is 0 Å². The Balaban J connectivity index is 1.45. The van der Waals surface area contributed by atoms with Crippen molar-refractivity contribution < 1.29 is 32.0 Å². The number of aromatic nitrogens is 2. The number of amides is 2. The van der Waals surface area contributed by atoms with Crippen LogP contribution in [-0.2, 0) is 31.0 Å². The van der Waals surface area contributed by atoms with Crippen molar-refractivity contribution in [1.29, 1.82) is 0 Å². The average Bonchev–Trinajstić information content (AvgIpc) is 3.55. The largest absolute Gasteiger partial charge is 0.414 e. The van der Waals surface area contributed by atoms with E-state index in [1.165, 1.54) is 19.1 Å². The predicted octanol–water partition coefficient (Wildman–Crippen LogP) is 4.14. The molecule has 0 aliphatic carbocycles. The molecule has 0 aliphatic rings. The molecule has 2 amide bonds. The lowest BCUT2D eigenvalue weighted by molar-refractivity contribution is -0.130. The third kappa shape index (κ3) is 10.1. The summed E-state index contributed by atoms with van der Waals surface area (Å²) in [5.41, 5.74) is 3.42. The van der Waals surface area contributed by atoms with Crippen molar-refractivity contribution in [3.8, 4) is 11.5 Å². The summed E-state index contributed by atoms with van der Waals surface area (Å²) < 4.78 is 40.2. The van der Waals surface area contributed by atoms with Crippen molar-refractivity contribution in [1.82, 2.24) is 25.6 Å². The molecule has 0 spiro atoms. The Labute approximate surface area is 280 Å². The van der Waals surface area contributed by atoms with Crippen molar-refractivity contribution in [3.05, 3.63) is 101 Å². The van der Waals surface area contributed by atoms with E-state index in [4.69, 9.17) is 9.15 Å². The number of rotatable bonds is 16. The SMILES string of the molecule is Cc1ccc(COC[C@H](NS(=O)(=O)c2ccc(C)cc2)C(=O)N[C@@H](C)C(=O)N[C@@H](CC(C)C)C(=O)c2nnc(-c3ccccc3)o2)cc1. The van der Waals surface area contributed by atoms with Gasteiger partial charge in [0.2, 0.25) is 33.5 Å². The number of carbonyl (C=O) groups is 3. The van der Waals surface area contributed by atoms with Gasteiger partial charge in [-0.25, -0.2) is 8.42 Å². The fraction of sp³-hybridized carbons (Fsp3) is 0.343. The first-order chi connectivity index (χ1) is 22.8. The Morgan fingerprint density at radius 2 is 1.42 bits per heavy atom. The summed E-state index contributed by atoms with van der Waals surface area (Å²) in [6, 6.07) is 19.2. The number of hydrogen-bond acceptors (Lipinski definition) is 9. The molecule has 13 heteroatoms. The molecule has 48 heavy (non-hydrogen) atoms. The number of ether oxygens (including phenoxy) is 1. The Kier molecular flexibility index (Phi) is 12.3. The van der Waals surface area contributed by atoms with Crippen LogP contribution in [0.15, 0.2) is 88.2 Å². The molecule has 1 heterocycles. The Bertz CT molecular complexity index is 1790. The lowest BCUT2D eigenvalue weighted by Gasteiger charge is -2.23. The molecule has 4 aromatic rings. The maximum absolute atomic E-state index is 13.5. The van der Waals surface area contributed by atoms with E-state index in [-0.39, 0.29) is 42.2 Å². The van der Waals surface area contributed by atoms with Gasteiger partial charge in [0.25, 0.3) is 5.89 Å². The molecule has 12 nitrogen and oxygen atoms in total. The van der Waals surface area contributed by atoms with Gasteiger partial charge in [-0.2, -0.15) is 4.72 Å². The Morgan fingerprint density at radius 1 is 0.792 bits per heavy atom. The molecule has 1 aromatic heterocycles. The highest BCUT2D eigenvalue weighted by Crippen LogP contribution is 2.19. The number of aryl methyl sites for hydroxylation is 2. The van der Waals surface area contributed by atoms with E-state index in [0.717, 1.165) is 16.7 Å². The first kappa shape index (κ1) is 36.1. The lowest BCUT2D eigenvalue weighted by Crippen LogP contribution is -2.56. The van der Waals surface area contributed by atoms with Gasteiger partial charge in [-0.05, 0) is 62.9 Å². The van der Waals surface area contributed by atoms with Crippen molar-refractivity contribution in [2.75, 3.05) is 6.61 Å². The summed E-state index contributed by atoms with van der Waals surface area (Å²) in [6.45, 7) is 8.82. The van der Waals surface area contributed by atoms with Crippen LogP contribution in [0.3, 0.4) is 0 Å². The number of ketones is 1. The average molecular weight is 676 g/mol. The zero-order valence-electron chi connectivity index (χ0n) is 27.6. The molecule has 0 unspecified atom stereocenters. The van der Waals surface area contributed by atoms with Crippen LogP contribution >= 0.6 is 0 Å². The van der Waals surface area contributed by atoms with E-state index in [1.54, 1.807) is 36.4 Å². The highest BCUT2D eigenvalue weighted by molar-refractivity contribution is 7.89. The number of carbonyl (C=O) groups excluding carboxylic acids is 3. The van der Waals surface area contributed by atoms with E-state index in [0.29, 0.717) is 5.56 Å². The topological polar surface area (TPSA) is 170 Å². The molecule has 3 N–H and O–H groups in total.